The van der Waals surface area contributed by atoms with Crippen LogP contribution >= 0.6 is 0 Å². The second kappa shape index (κ2) is 5.09. The summed E-state index contributed by atoms with van der Waals surface area (Å²) in [6.07, 6.45) is 0.943. The number of hydrogen-bond acceptors (Lipinski definition) is 5. The minimum atomic E-state index is -0.514. The third-order valence-electron chi connectivity index (χ3n) is 2.45. The standard InChI is InChI=1S/C9H17N3O3/c10-5-3-6(11)7(4-5)15-9(14)2-1-8(12)13/h5-7H,1-4,10-11H2,(H2,12,13)/t5-,6+,7+/m1/s1. The SMILES string of the molecule is NC(=O)CCC(=O)O[C@H]1C[C@H](N)C[C@@H]1N. The second-order valence-corrected chi connectivity index (χ2v) is 3.89. The smallest absolute Gasteiger partial charge is 0.306 e. The number of ether oxygens (including phenoxy) is 1. The average molecular weight is 215 g/mol. The maximum atomic E-state index is 11.2. The third-order valence-corrected chi connectivity index (χ3v) is 2.45. The zero-order chi connectivity index (χ0) is 11.4. The summed E-state index contributed by atoms with van der Waals surface area (Å²) in [6.45, 7) is 0. The van der Waals surface area contributed by atoms with Crippen LogP contribution in [0.15, 0.2) is 0 Å². The first-order valence-corrected chi connectivity index (χ1v) is 4.98. The van der Waals surface area contributed by atoms with Gasteiger partial charge in [0.05, 0.1) is 6.42 Å². The molecule has 1 aliphatic carbocycles. The Morgan fingerprint density at radius 1 is 1.20 bits per heavy atom. The Kier molecular flexibility index (Phi) is 4.05. The van der Waals surface area contributed by atoms with Gasteiger partial charge < -0.3 is 21.9 Å². The lowest BCUT2D eigenvalue weighted by Crippen LogP contribution is -2.33. The molecule has 0 aromatic heterocycles. The van der Waals surface area contributed by atoms with Crippen LogP contribution in [0.25, 0.3) is 0 Å². The molecule has 0 heterocycles. The number of amides is 1. The Morgan fingerprint density at radius 2 is 1.87 bits per heavy atom. The monoisotopic (exact) mass is 215 g/mol. The maximum Gasteiger partial charge on any atom is 0.306 e. The minimum Gasteiger partial charge on any atom is -0.461 e. The van der Waals surface area contributed by atoms with Crippen molar-refractivity contribution < 1.29 is 14.3 Å². The van der Waals surface area contributed by atoms with Gasteiger partial charge in [-0.05, 0) is 6.42 Å². The van der Waals surface area contributed by atoms with Crippen LogP contribution in [0.3, 0.4) is 0 Å². The number of nitrogens with two attached hydrogens (primary N) is 3. The summed E-state index contributed by atoms with van der Waals surface area (Å²) < 4.78 is 5.09. The number of esters is 1. The highest BCUT2D eigenvalue weighted by Gasteiger charge is 2.32. The predicted molar refractivity (Wildman–Crippen MR) is 53.5 cm³/mol. The van der Waals surface area contributed by atoms with Crippen molar-refractivity contribution in [1.82, 2.24) is 0 Å². The molecule has 0 aromatic rings. The fourth-order valence-electron chi connectivity index (χ4n) is 1.66. The van der Waals surface area contributed by atoms with Crippen molar-refractivity contribution in [2.75, 3.05) is 0 Å². The molecule has 86 valence electrons. The highest BCUT2D eigenvalue weighted by atomic mass is 16.5. The summed E-state index contributed by atoms with van der Waals surface area (Å²) in [4.78, 5) is 21.7. The lowest BCUT2D eigenvalue weighted by atomic mass is 10.2. The van der Waals surface area contributed by atoms with E-state index in [4.69, 9.17) is 21.9 Å². The molecule has 0 saturated heterocycles. The first-order valence-electron chi connectivity index (χ1n) is 4.98. The van der Waals surface area contributed by atoms with Crippen LogP contribution in [0.4, 0.5) is 0 Å². The van der Waals surface area contributed by atoms with Gasteiger partial charge in [-0.3, -0.25) is 9.59 Å². The minimum absolute atomic E-state index is 0.00561. The topological polar surface area (TPSA) is 121 Å². The van der Waals surface area contributed by atoms with Gasteiger partial charge in [0.2, 0.25) is 5.91 Å². The molecule has 6 N–H and O–H groups in total. The summed E-state index contributed by atoms with van der Waals surface area (Å²) >= 11 is 0. The molecule has 0 aromatic carbocycles. The molecular formula is C9H17N3O3. The summed E-state index contributed by atoms with van der Waals surface area (Å²) in [7, 11) is 0. The summed E-state index contributed by atoms with van der Waals surface area (Å²) in [5.74, 6) is -0.956. The Balaban J connectivity index is 2.29. The fraction of sp³-hybridized carbons (Fsp3) is 0.778. The van der Waals surface area contributed by atoms with Crippen LogP contribution in [0.5, 0.6) is 0 Å². The number of carbonyl (C=O) groups is 2. The van der Waals surface area contributed by atoms with Crippen molar-refractivity contribution in [3.8, 4) is 0 Å². The zero-order valence-electron chi connectivity index (χ0n) is 8.52. The molecule has 0 bridgehead atoms. The van der Waals surface area contributed by atoms with E-state index in [1.807, 2.05) is 0 Å². The first-order chi connectivity index (χ1) is 6.99. The number of carbonyl (C=O) groups excluding carboxylic acids is 2. The maximum absolute atomic E-state index is 11.2. The second-order valence-electron chi connectivity index (χ2n) is 3.89. The van der Waals surface area contributed by atoms with Gasteiger partial charge in [0.1, 0.15) is 6.10 Å². The molecule has 1 amide bonds. The van der Waals surface area contributed by atoms with Crippen LogP contribution in [0.2, 0.25) is 0 Å². The van der Waals surface area contributed by atoms with Crippen LogP contribution in [-0.2, 0) is 14.3 Å². The van der Waals surface area contributed by atoms with E-state index in [0.717, 1.165) is 0 Å². The van der Waals surface area contributed by atoms with Gasteiger partial charge in [0, 0.05) is 24.9 Å². The van der Waals surface area contributed by atoms with Gasteiger partial charge in [-0.2, -0.15) is 0 Å². The molecule has 0 unspecified atom stereocenters. The lowest BCUT2D eigenvalue weighted by molar-refractivity contribution is -0.150. The molecule has 1 saturated carbocycles. The molecule has 6 heteroatoms. The van der Waals surface area contributed by atoms with Crippen LogP contribution in [0.1, 0.15) is 25.7 Å². The highest BCUT2D eigenvalue weighted by molar-refractivity contribution is 5.80. The van der Waals surface area contributed by atoms with Crippen LogP contribution in [0, 0.1) is 0 Å². The number of rotatable bonds is 4. The molecule has 1 aliphatic rings. The highest BCUT2D eigenvalue weighted by Crippen LogP contribution is 2.20. The summed E-state index contributed by atoms with van der Waals surface area (Å²) in [5, 5.41) is 0. The van der Waals surface area contributed by atoms with Gasteiger partial charge in [0.15, 0.2) is 0 Å². The molecule has 1 fully saturated rings. The first kappa shape index (κ1) is 11.9. The summed E-state index contributed by atoms with van der Waals surface area (Å²) in [5.41, 5.74) is 16.3. The Bertz CT molecular complexity index is 257. The largest absolute Gasteiger partial charge is 0.461 e. The van der Waals surface area contributed by atoms with Crippen molar-refractivity contribution >= 4 is 11.9 Å². The van der Waals surface area contributed by atoms with E-state index in [2.05, 4.69) is 0 Å². The number of hydrogen-bond donors (Lipinski definition) is 3. The molecule has 0 spiro atoms. The van der Waals surface area contributed by atoms with Crippen molar-refractivity contribution in [2.24, 2.45) is 17.2 Å². The van der Waals surface area contributed by atoms with E-state index in [-0.39, 0.29) is 31.0 Å². The number of primary amides is 1. The molecule has 0 aliphatic heterocycles. The Labute approximate surface area is 88.1 Å². The Morgan fingerprint density at radius 3 is 2.33 bits per heavy atom. The Hall–Kier alpha value is -1.14. The van der Waals surface area contributed by atoms with Crippen LogP contribution < -0.4 is 17.2 Å². The van der Waals surface area contributed by atoms with Crippen LogP contribution in [-0.4, -0.2) is 30.1 Å². The van der Waals surface area contributed by atoms with Crippen molar-refractivity contribution in [3.05, 3.63) is 0 Å². The molecule has 0 radical (unpaired) electrons. The molecular weight excluding hydrogens is 198 g/mol. The quantitative estimate of drug-likeness (QED) is 0.498. The van der Waals surface area contributed by atoms with E-state index in [1.165, 1.54) is 0 Å². The van der Waals surface area contributed by atoms with Gasteiger partial charge in [-0.1, -0.05) is 0 Å². The zero-order valence-corrected chi connectivity index (χ0v) is 8.52. The molecule has 15 heavy (non-hydrogen) atoms. The van der Waals surface area contributed by atoms with Crippen molar-refractivity contribution in [1.29, 1.82) is 0 Å². The van der Waals surface area contributed by atoms with E-state index in [9.17, 15) is 9.59 Å². The molecule has 1 rings (SSSR count). The average Bonchev–Trinajstić information content (AvgIpc) is 2.42. The van der Waals surface area contributed by atoms with E-state index >= 15 is 0 Å². The predicted octanol–water partition coefficient (Wildman–Crippen LogP) is -1.39. The van der Waals surface area contributed by atoms with Crippen molar-refractivity contribution in [2.45, 2.75) is 43.9 Å². The van der Waals surface area contributed by atoms with Gasteiger partial charge in [-0.15, -0.1) is 0 Å². The van der Waals surface area contributed by atoms with Crippen molar-refractivity contribution in [3.63, 3.8) is 0 Å². The summed E-state index contributed by atoms with van der Waals surface area (Å²) in [6, 6.07) is -0.202. The van der Waals surface area contributed by atoms with E-state index in [0.29, 0.717) is 12.8 Å². The normalized spacial score (nSPS) is 30.1. The lowest BCUT2D eigenvalue weighted by Gasteiger charge is -2.15. The third kappa shape index (κ3) is 3.85. The fourth-order valence-corrected chi connectivity index (χ4v) is 1.66. The van der Waals surface area contributed by atoms with E-state index < -0.39 is 11.9 Å². The van der Waals surface area contributed by atoms with Gasteiger partial charge in [-0.25, -0.2) is 0 Å². The molecule has 3 atom stereocenters. The van der Waals surface area contributed by atoms with E-state index in [1.54, 1.807) is 0 Å². The van der Waals surface area contributed by atoms with Gasteiger partial charge >= 0.3 is 5.97 Å². The van der Waals surface area contributed by atoms with Gasteiger partial charge in [0.25, 0.3) is 0 Å². The molecule has 6 nitrogen and oxygen atoms in total.